The molecule has 200 valence electrons. The van der Waals surface area contributed by atoms with Gasteiger partial charge >= 0.3 is 5.97 Å². The molecule has 0 atom stereocenters. The summed E-state index contributed by atoms with van der Waals surface area (Å²) in [6.07, 6.45) is 5.74. The highest BCUT2D eigenvalue weighted by molar-refractivity contribution is 7.80. The summed E-state index contributed by atoms with van der Waals surface area (Å²) >= 11 is 17.4. The number of anilines is 4. The average molecular weight is 572 g/mol. The maximum Gasteiger partial charge on any atom is 0.309 e. The van der Waals surface area contributed by atoms with Gasteiger partial charge in [-0.1, -0.05) is 23.2 Å². The van der Waals surface area contributed by atoms with Crippen molar-refractivity contribution in [3.05, 3.63) is 34.2 Å². The van der Waals surface area contributed by atoms with E-state index in [1.807, 2.05) is 0 Å². The predicted octanol–water partition coefficient (Wildman–Crippen LogP) is 5.77. The Labute approximate surface area is 229 Å². The van der Waals surface area contributed by atoms with Crippen LogP contribution in [0.5, 0.6) is 0 Å². The van der Waals surface area contributed by atoms with Crippen molar-refractivity contribution in [2.75, 3.05) is 34.5 Å². The summed E-state index contributed by atoms with van der Waals surface area (Å²) in [5, 5.41) is 22.5. The predicted molar refractivity (Wildman–Crippen MR) is 147 cm³/mol. The van der Waals surface area contributed by atoms with E-state index in [-0.39, 0.29) is 32.9 Å². The Bertz CT molecular complexity index is 1140. The number of aromatic nitrogens is 2. The molecule has 4 rings (SSSR count). The van der Waals surface area contributed by atoms with Gasteiger partial charge in [0.05, 0.1) is 22.3 Å². The van der Waals surface area contributed by atoms with E-state index < -0.39 is 17.2 Å². The van der Waals surface area contributed by atoms with Crippen LogP contribution in [-0.4, -0.2) is 51.5 Å². The molecule has 0 unspecified atom stereocenters. The Morgan fingerprint density at radius 3 is 2.46 bits per heavy atom. The van der Waals surface area contributed by atoms with Gasteiger partial charge in [-0.05, 0) is 69.8 Å². The molecule has 2 aliphatic rings. The normalized spacial score (nSPS) is 22.2. The van der Waals surface area contributed by atoms with Crippen LogP contribution < -0.4 is 21.3 Å². The second kappa shape index (κ2) is 11.9. The van der Waals surface area contributed by atoms with Crippen molar-refractivity contribution in [2.24, 2.45) is 5.41 Å². The molecule has 2 heterocycles. The molecule has 2 aromatic rings. The zero-order chi connectivity index (χ0) is 26.6. The fourth-order valence-electron chi connectivity index (χ4n) is 4.41. The molecule has 1 saturated heterocycles. The number of hydrogen-bond donors (Lipinski definition) is 5. The van der Waals surface area contributed by atoms with E-state index in [0.29, 0.717) is 56.4 Å². The lowest BCUT2D eigenvalue weighted by molar-refractivity contribution is -0.149. The molecule has 0 radical (unpaired) electrons. The van der Waals surface area contributed by atoms with Crippen LogP contribution in [0.3, 0.4) is 0 Å². The zero-order valence-corrected chi connectivity index (χ0v) is 22.6. The van der Waals surface area contributed by atoms with Crippen molar-refractivity contribution >= 4 is 69.6 Å². The van der Waals surface area contributed by atoms with Crippen LogP contribution in [0.2, 0.25) is 10.0 Å². The number of nitrogens with one attached hydrogen (secondary N) is 4. The van der Waals surface area contributed by atoms with Gasteiger partial charge in [0.2, 0.25) is 5.95 Å². The number of aliphatic carboxylic acids is 1. The monoisotopic (exact) mass is 570 g/mol. The minimum atomic E-state index is -0.775. The largest absolute Gasteiger partial charge is 0.481 e. The third kappa shape index (κ3) is 7.10. The highest BCUT2D eigenvalue weighted by Crippen LogP contribution is 2.38. The van der Waals surface area contributed by atoms with Gasteiger partial charge in [0.15, 0.2) is 10.9 Å². The van der Waals surface area contributed by atoms with Crippen LogP contribution in [0.15, 0.2) is 18.3 Å². The first-order valence-corrected chi connectivity index (χ1v) is 13.2. The summed E-state index contributed by atoms with van der Waals surface area (Å²) in [5.74, 6) is -0.462. The van der Waals surface area contributed by atoms with E-state index in [4.69, 9.17) is 40.2 Å². The highest BCUT2D eigenvalue weighted by atomic mass is 35.5. The van der Waals surface area contributed by atoms with Crippen molar-refractivity contribution in [3.63, 3.8) is 0 Å². The van der Waals surface area contributed by atoms with Crippen LogP contribution in [0.1, 0.15) is 45.4 Å². The maximum absolute atomic E-state index is 14.4. The molecule has 37 heavy (non-hydrogen) atoms. The van der Waals surface area contributed by atoms with Gasteiger partial charge in [-0.2, -0.15) is 4.98 Å². The Balaban J connectivity index is 1.51. The third-order valence-electron chi connectivity index (χ3n) is 6.78. The van der Waals surface area contributed by atoms with E-state index in [9.17, 15) is 14.3 Å². The summed E-state index contributed by atoms with van der Waals surface area (Å²) in [7, 11) is 0. The van der Waals surface area contributed by atoms with Gasteiger partial charge in [0, 0.05) is 30.3 Å². The summed E-state index contributed by atoms with van der Waals surface area (Å²) < 4.78 is 19.8. The lowest BCUT2D eigenvalue weighted by atomic mass is 9.74. The standard InChI is InChI=1S/C24H29Cl2FN6O3S/c1-24(21(34)35)6-2-14(3-7-24)29-20-18(12-28-22(33-20)30-15-4-8-36-9-5-15)31-23(37)32-19-16(26)10-13(25)11-17(19)27/h10-12,14-15H,2-9H2,1H3,(H,34,35)(H2,31,32,37)(H2,28,29,30,33). The van der Waals surface area contributed by atoms with Gasteiger partial charge < -0.3 is 31.1 Å². The van der Waals surface area contributed by atoms with Gasteiger partial charge in [0.25, 0.3) is 0 Å². The first-order chi connectivity index (χ1) is 17.6. The third-order valence-corrected chi connectivity index (χ3v) is 7.50. The number of carboxylic acid groups (broad SMARTS) is 1. The highest BCUT2D eigenvalue weighted by Gasteiger charge is 2.37. The van der Waals surface area contributed by atoms with Crippen molar-refractivity contribution < 1.29 is 19.0 Å². The summed E-state index contributed by atoms with van der Waals surface area (Å²) in [5.41, 5.74) is -0.252. The number of thiocarbonyl (C=S) groups is 1. The molecule has 1 aromatic heterocycles. The number of hydrogen-bond acceptors (Lipinski definition) is 7. The van der Waals surface area contributed by atoms with Gasteiger partial charge in [-0.3, -0.25) is 4.79 Å². The summed E-state index contributed by atoms with van der Waals surface area (Å²) in [6.45, 7) is 3.14. The lowest BCUT2D eigenvalue weighted by Gasteiger charge is -2.34. The number of nitrogens with zero attached hydrogens (tertiary/aromatic N) is 2. The molecule has 1 aliphatic carbocycles. The van der Waals surface area contributed by atoms with E-state index in [1.165, 1.54) is 6.07 Å². The number of carboxylic acids is 1. The van der Waals surface area contributed by atoms with Crippen molar-refractivity contribution in [2.45, 2.75) is 57.5 Å². The van der Waals surface area contributed by atoms with Gasteiger partial charge in [-0.25, -0.2) is 9.37 Å². The van der Waals surface area contributed by atoms with E-state index >= 15 is 0 Å². The number of halogens is 3. The van der Waals surface area contributed by atoms with Crippen molar-refractivity contribution in [1.29, 1.82) is 0 Å². The molecular formula is C24H29Cl2FN6O3S. The zero-order valence-electron chi connectivity index (χ0n) is 20.2. The average Bonchev–Trinajstić information content (AvgIpc) is 2.85. The molecule has 1 aromatic carbocycles. The number of carbonyl (C=O) groups is 1. The maximum atomic E-state index is 14.4. The summed E-state index contributed by atoms with van der Waals surface area (Å²) in [4.78, 5) is 20.7. The first kappa shape index (κ1) is 27.6. The van der Waals surface area contributed by atoms with Gasteiger partial charge in [-0.15, -0.1) is 0 Å². The minimum absolute atomic E-state index is 0.00275. The van der Waals surface area contributed by atoms with E-state index in [1.54, 1.807) is 13.1 Å². The fraction of sp³-hybridized carbons (Fsp3) is 0.500. The molecule has 13 heteroatoms. The van der Waals surface area contributed by atoms with E-state index in [2.05, 4.69) is 31.2 Å². The second-order valence-corrected chi connectivity index (χ2v) is 10.8. The molecule has 1 aliphatic heterocycles. The lowest BCUT2D eigenvalue weighted by Crippen LogP contribution is -2.37. The fourth-order valence-corrected chi connectivity index (χ4v) is 5.14. The molecule has 0 amide bonds. The molecule has 0 spiro atoms. The van der Waals surface area contributed by atoms with E-state index in [0.717, 1.165) is 18.9 Å². The second-order valence-electron chi connectivity index (χ2n) is 9.59. The topological polar surface area (TPSA) is 120 Å². The van der Waals surface area contributed by atoms with Gasteiger partial charge in [0.1, 0.15) is 11.5 Å². The molecule has 1 saturated carbocycles. The van der Waals surface area contributed by atoms with Crippen molar-refractivity contribution in [3.8, 4) is 0 Å². The molecular weight excluding hydrogens is 542 g/mol. The SMILES string of the molecule is CC1(C(=O)O)CCC(Nc2nc(NC3CCOCC3)ncc2NC(=S)Nc2c(F)cc(Cl)cc2Cl)CC1. The first-order valence-electron chi connectivity index (χ1n) is 12.1. The summed E-state index contributed by atoms with van der Waals surface area (Å²) in [6, 6.07) is 2.77. The van der Waals surface area contributed by atoms with Crippen LogP contribution >= 0.6 is 35.4 Å². The number of benzene rings is 1. The Kier molecular flexibility index (Phi) is 8.89. The minimum Gasteiger partial charge on any atom is -0.481 e. The van der Waals surface area contributed by atoms with Crippen molar-refractivity contribution in [1.82, 2.24) is 9.97 Å². The Morgan fingerprint density at radius 2 is 1.81 bits per heavy atom. The van der Waals surface area contributed by atoms with Crippen LogP contribution in [0.4, 0.5) is 27.5 Å². The molecule has 2 fully saturated rings. The quantitative estimate of drug-likeness (QED) is 0.262. The van der Waals surface area contributed by atoms with Crippen LogP contribution in [0, 0.1) is 11.2 Å². The molecule has 5 N–H and O–H groups in total. The Morgan fingerprint density at radius 1 is 1.14 bits per heavy atom. The molecule has 0 bridgehead atoms. The number of ether oxygens (including phenoxy) is 1. The molecule has 9 nitrogen and oxygen atoms in total. The van der Waals surface area contributed by atoms with Crippen LogP contribution in [0.25, 0.3) is 0 Å². The Hall–Kier alpha value is -2.47. The number of rotatable bonds is 7. The van der Waals surface area contributed by atoms with Crippen LogP contribution in [-0.2, 0) is 9.53 Å². The smallest absolute Gasteiger partial charge is 0.309 e.